The van der Waals surface area contributed by atoms with E-state index in [0.717, 1.165) is 18.2 Å². The van der Waals surface area contributed by atoms with Gasteiger partial charge in [-0.15, -0.1) is 0 Å². The van der Waals surface area contributed by atoms with Crippen molar-refractivity contribution < 1.29 is 32.0 Å². The molecule has 0 saturated heterocycles. The van der Waals surface area contributed by atoms with Crippen LogP contribution in [0.2, 0.25) is 0 Å². The van der Waals surface area contributed by atoms with Crippen molar-refractivity contribution >= 4 is 39.9 Å². The number of anilines is 2. The summed E-state index contributed by atoms with van der Waals surface area (Å²) in [6.45, 7) is 0. The van der Waals surface area contributed by atoms with Gasteiger partial charge in [-0.25, -0.2) is 17.2 Å². The highest BCUT2D eigenvalue weighted by molar-refractivity contribution is 7.92. The maximum atomic E-state index is 13.3. The minimum absolute atomic E-state index is 0.0106. The molecule has 3 rings (SSSR count). The van der Waals surface area contributed by atoms with E-state index in [-0.39, 0.29) is 27.3 Å². The lowest BCUT2D eigenvalue weighted by atomic mass is 9.80. The normalized spacial score (nSPS) is 11.1. The molecular formula is C19H15BF2N2O5S. The molecule has 0 aliphatic heterocycles. The predicted molar refractivity (Wildman–Crippen MR) is 108 cm³/mol. The molecule has 3 aromatic rings. The van der Waals surface area contributed by atoms with Crippen molar-refractivity contribution in [1.29, 1.82) is 0 Å². The Morgan fingerprint density at radius 3 is 2.17 bits per heavy atom. The average Bonchev–Trinajstić information content (AvgIpc) is 2.71. The molecule has 0 unspecified atom stereocenters. The number of amides is 1. The summed E-state index contributed by atoms with van der Waals surface area (Å²) in [4.78, 5) is 12.2. The van der Waals surface area contributed by atoms with Gasteiger partial charge in [-0.3, -0.25) is 9.52 Å². The third kappa shape index (κ3) is 5.01. The van der Waals surface area contributed by atoms with Crippen LogP contribution < -0.4 is 15.5 Å². The number of sulfonamides is 1. The Kier molecular flexibility index (Phi) is 6.16. The molecule has 1 amide bonds. The molecule has 0 aliphatic carbocycles. The van der Waals surface area contributed by atoms with Gasteiger partial charge in [-0.05, 0) is 47.9 Å². The highest BCUT2D eigenvalue weighted by Crippen LogP contribution is 2.18. The summed E-state index contributed by atoms with van der Waals surface area (Å²) in [6, 6.07) is 13.4. The zero-order chi connectivity index (χ0) is 21.9. The van der Waals surface area contributed by atoms with E-state index in [9.17, 15) is 22.0 Å². The Hall–Kier alpha value is -3.28. The van der Waals surface area contributed by atoms with Gasteiger partial charge in [0.25, 0.3) is 15.9 Å². The quantitative estimate of drug-likeness (QED) is 0.443. The topological polar surface area (TPSA) is 116 Å². The summed E-state index contributed by atoms with van der Waals surface area (Å²) >= 11 is 0. The first-order valence-corrected chi connectivity index (χ1v) is 9.99. The van der Waals surface area contributed by atoms with E-state index >= 15 is 0 Å². The van der Waals surface area contributed by atoms with Crippen molar-refractivity contribution in [3.05, 3.63) is 83.9 Å². The first kappa shape index (κ1) is 21.4. The smallest absolute Gasteiger partial charge is 0.423 e. The van der Waals surface area contributed by atoms with Crippen molar-refractivity contribution in [1.82, 2.24) is 0 Å². The number of nitrogens with one attached hydrogen (secondary N) is 2. The highest BCUT2D eigenvalue weighted by Gasteiger charge is 2.18. The number of carbonyl (C=O) groups excluding carboxylic acids is 1. The summed E-state index contributed by atoms with van der Waals surface area (Å²) in [5.41, 5.74) is 0.364. The van der Waals surface area contributed by atoms with Crippen LogP contribution in [0.15, 0.2) is 71.6 Å². The van der Waals surface area contributed by atoms with Gasteiger partial charge < -0.3 is 15.4 Å². The molecule has 7 nitrogen and oxygen atoms in total. The molecule has 0 spiro atoms. The number of hydrogen-bond acceptors (Lipinski definition) is 5. The number of rotatable bonds is 6. The summed E-state index contributed by atoms with van der Waals surface area (Å²) < 4.78 is 53.8. The summed E-state index contributed by atoms with van der Waals surface area (Å²) in [5, 5.41) is 20.5. The number of benzene rings is 3. The SMILES string of the molecule is O=C(Nc1ccc(F)c(F)c1)c1cccc(S(=O)(=O)Nc2ccc(B(O)O)cc2)c1. The van der Waals surface area contributed by atoms with Gasteiger partial charge >= 0.3 is 7.12 Å². The molecule has 0 bridgehead atoms. The van der Waals surface area contributed by atoms with E-state index in [4.69, 9.17) is 10.0 Å². The Morgan fingerprint density at radius 1 is 0.867 bits per heavy atom. The van der Waals surface area contributed by atoms with Crippen LogP contribution in [0, 0.1) is 11.6 Å². The van der Waals surface area contributed by atoms with E-state index in [1.54, 1.807) is 0 Å². The molecule has 154 valence electrons. The maximum Gasteiger partial charge on any atom is 0.488 e. The number of halogens is 2. The first-order chi connectivity index (χ1) is 14.2. The van der Waals surface area contributed by atoms with Crippen LogP contribution in [0.3, 0.4) is 0 Å². The molecule has 0 radical (unpaired) electrons. The molecular weight excluding hydrogens is 417 g/mol. The molecule has 0 heterocycles. The molecule has 0 aliphatic rings. The zero-order valence-electron chi connectivity index (χ0n) is 15.2. The van der Waals surface area contributed by atoms with Crippen molar-refractivity contribution in [2.24, 2.45) is 0 Å². The Morgan fingerprint density at radius 2 is 1.53 bits per heavy atom. The molecule has 11 heteroatoms. The van der Waals surface area contributed by atoms with Crippen molar-refractivity contribution in [3.63, 3.8) is 0 Å². The number of carbonyl (C=O) groups is 1. The van der Waals surface area contributed by atoms with E-state index in [1.165, 1.54) is 48.5 Å². The van der Waals surface area contributed by atoms with Crippen molar-refractivity contribution in [2.45, 2.75) is 4.90 Å². The average molecular weight is 432 g/mol. The highest BCUT2D eigenvalue weighted by atomic mass is 32.2. The fraction of sp³-hybridized carbons (Fsp3) is 0. The predicted octanol–water partition coefficient (Wildman–Crippen LogP) is 1.70. The van der Waals surface area contributed by atoms with Crippen molar-refractivity contribution in [2.75, 3.05) is 10.0 Å². The van der Waals surface area contributed by atoms with Crippen LogP contribution in [-0.4, -0.2) is 31.5 Å². The van der Waals surface area contributed by atoms with Crippen molar-refractivity contribution in [3.8, 4) is 0 Å². The molecule has 3 aromatic carbocycles. The third-order valence-electron chi connectivity index (χ3n) is 4.05. The van der Waals surface area contributed by atoms with E-state index in [0.29, 0.717) is 0 Å². The van der Waals surface area contributed by atoms with Gasteiger partial charge in [0.15, 0.2) is 11.6 Å². The van der Waals surface area contributed by atoms with E-state index in [1.807, 2.05) is 0 Å². The standard InChI is InChI=1S/C19H15BF2N2O5S/c21-17-9-8-15(11-18(17)22)23-19(25)12-2-1-3-16(10-12)30(28,29)24-14-6-4-13(5-7-14)20(26)27/h1-11,24,26-27H,(H,23,25). The minimum Gasteiger partial charge on any atom is -0.423 e. The second kappa shape index (κ2) is 8.62. The van der Waals surface area contributed by atoms with Gasteiger partial charge in [-0.2, -0.15) is 0 Å². The second-order valence-corrected chi connectivity index (χ2v) is 7.89. The summed E-state index contributed by atoms with van der Waals surface area (Å²) in [6.07, 6.45) is 0. The monoisotopic (exact) mass is 432 g/mol. The molecule has 0 aromatic heterocycles. The van der Waals surface area contributed by atoms with Crippen LogP contribution in [-0.2, 0) is 10.0 Å². The molecule has 0 atom stereocenters. The second-order valence-electron chi connectivity index (χ2n) is 6.21. The Balaban J connectivity index is 1.79. The van der Waals surface area contributed by atoms with Gasteiger partial charge in [0.05, 0.1) is 4.90 Å². The summed E-state index contributed by atoms with van der Waals surface area (Å²) in [5.74, 6) is -2.90. The molecule has 0 fully saturated rings. The third-order valence-corrected chi connectivity index (χ3v) is 5.42. The van der Waals surface area contributed by atoms with Gasteiger partial charge in [0.2, 0.25) is 0 Å². The molecule has 4 N–H and O–H groups in total. The Labute approximate surface area is 171 Å². The minimum atomic E-state index is -4.05. The van der Waals surface area contributed by atoms with Gasteiger partial charge in [0, 0.05) is 23.0 Å². The van der Waals surface area contributed by atoms with Crippen LogP contribution in [0.1, 0.15) is 10.4 Å². The number of hydrogen-bond donors (Lipinski definition) is 4. The largest absolute Gasteiger partial charge is 0.488 e. The lowest BCUT2D eigenvalue weighted by molar-refractivity contribution is 0.102. The fourth-order valence-electron chi connectivity index (χ4n) is 2.52. The lowest BCUT2D eigenvalue weighted by Crippen LogP contribution is -2.29. The Bertz CT molecular complexity index is 1190. The van der Waals surface area contributed by atoms with Crippen LogP contribution in [0.25, 0.3) is 0 Å². The van der Waals surface area contributed by atoms with Gasteiger partial charge in [-0.1, -0.05) is 18.2 Å². The first-order valence-electron chi connectivity index (χ1n) is 8.51. The molecule has 30 heavy (non-hydrogen) atoms. The zero-order valence-corrected chi connectivity index (χ0v) is 16.0. The van der Waals surface area contributed by atoms with E-state index in [2.05, 4.69) is 10.0 Å². The molecule has 0 saturated carbocycles. The fourth-order valence-corrected chi connectivity index (χ4v) is 3.62. The maximum absolute atomic E-state index is 13.3. The van der Waals surface area contributed by atoms with Crippen LogP contribution in [0.5, 0.6) is 0 Å². The lowest BCUT2D eigenvalue weighted by Gasteiger charge is -2.10. The summed E-state index contributed by atoms with van der Waals surface area (Å²) in [7, 11) is -5.73. The van der Waals surface area contributed by atoms with Crippen LogP contribution >= 0.6 is 0 Å². The van der Waals surface area contributed by atoms with E-state index < -0.39 is 34.7 Å². The van der Waals surface area contributed by atoms with Gasteiger partial charge in [0.1, 0.15) is 0 Å². The van der Waals surface area contributed by atoms with Crippen LogP contribution in [0.4, 0.5) is 20.2 Å².